The molecule has 1 aromatic heterocycles. The van der Waals surface area contributed by atoms with E-state index in [0.29, 0.717) is 33.8 Å². The summed E-state index contributed by atoms with van der Waals surface area (Å²) in [5.74, 6) is 0.314. The second kappa shape index (κ2) is 7.63. The van der Waals surface area contributed by atoms with Crippen LogP contribution < -0.4 is 4.74 Å². The van der Waals surface area contributed by atoms with Crippen LogP contribution >= 0.6 is 0 Å². The lowest BCUT2D eigenvalue weighted by Gasteiger charge is -2.21. The summed E-state index contributed by atoms with van der Waals surface area (Å²) in [5, 5.41) is 51.7. The Kier molecular flexibility index (Phi) is 4.54. The quantitative estimate of drug-likeness (QED) is 0.224. The lowest BCUT2D eigenvalue weighted by atomic mass is 9.84. The average Bonchev–Trinajstić information content (AvgIpc) is 3.40. The number of rotatable bonds is 3. The summed E-state index contributed by atoms with van der Waals surface area (Å²) in [5.41, 5.74) is 2.90. The minimum absolute atomic E-state index is 0.0325. The molecule has 0 saturated carbocycles. The molecule has 0 aliphatic carbocycles. The van der Waals surface area contributed by atoms with Crippen LogP contribution in [0.4, 0.5) is 0 Å². The molecule has 0 radical (unpaired) electrons. The third-order valence-electron chi connectivity index (χ3n) is 6.28. The molecule has 174 valence electrons. The van der Waals surface area contributed by atoms with Crippen LogP contribution in [0.15, 0.2) is 83.3 Å². The van der Waals surface area contributed by atoms with Crippen LogP contribution in [0, 0.1) is 0 Å². The van der Waals surface area contributed by atoms with Crippen molar-refractivity contribution in [2.24, 2.45) is 0 Å². The topological polar surface area (TPSA) is 124 Å². The first-order chi connectivity index (χ1) is 16.9. The Balaban J connectivity index is 1.51. The summed E-state index contributed by atoms with van der Waals surface area (Å²) in [7, 11) is 0. The van der Waals surface area contributed by atoms with Crippen molar-refractivity contribution in [1.82, 2.24) is 0 Å². The fourth-order valence-corrected chi connectivity index (χ4v) is 4.75. The molecule has 2 heterocycles. The molecule has 5 N–H and O–H groups in total. The first kappa shape index (κ1) is 20.8. The number of aromatic hydroxyl groups is 5. The van der Waals surface area contributed by atoms with Crippen molar-refractivity contribution in [2.75, 3.05) is 0 Å². The minimum Gasteiger partial charge on any atom is -0.508 e. The van der Waals surface area contributed by atoms with Gasteiger partial charge >= 0.3 is 0 Å². The standard InChI is InChI=1S/C28H20O7/c29-18-4-1-14(2-5-18)28-26(17-7-20(31)12-21(32)8-17)27-22(33)9-16(11-25(27)35-28)23-10-15-3-6-19(30)13-24(15)34-23/h1-13,26,28-33H/t26-,28+/m1/s1. The van der Waals surface area contributed by atoms with E-state index < -0.39 is 12.0 Å². The van der Waals surface area contributed by atoms with E-state index in [2.05, 4.69) is 0 Å². The molecule has 0 fully saturated rings. The Hall–Kier alpha value is -4.78. The minimum atomic E-state index is -0.597. The summed E-state index contributed by atoms with van der Waals surface area (Å²) >= 11 is 0. The van der Waals surface area contributed by atoms with Gasteiger partial charge in [-0.05, 0) is 65.7 Å². The van der Waals surface area contributed by atoms with E-state index >= 15 is 0 Å². The Morgan fingerprint density at radius 3 is 2.06 bits per heavy atom. The first-order valence-electron chi connectivity index (χ1n) is 10.9. The summed E-state index contributed by atoms with van der Waals surface area (Å²) in [6.45, 7) is 0. The second-order valence-electron chi connectivity index (χ2n) is 8.63. The van der Waals surface area contributed by atoms with Crippen molar-refractivity contribution < 1.29 is 34.7 Å². The second-order valence-corrected chi connectivity index (χ2v) is 8.63. The summed E-state index contributed by atoms with van der Waals surface area (Å²) in [6, 6.07) is 20.8. The maximum absolute atomic E-state index is 11.1. The van der Waals surface area contributed by atoms with E-state index in [9.17, 15) is 25.5 Å². The molecule has 5 aromatic rings. The average molecular weight is 468 g/mol. The number of furan rings is 1. The maximum Gasteiger partial charge on any atom is 0.138 e. The van der Waals surface area contributed by atoms with E-state index in [0.717, 1.165) is 10.9 Å². The van der Waals surface area contributed by atoms with Gasteiger partial charge in [-0.3, -0.25) is 0 Å². The predicted octanol–water partition coefficient (Wildman–Crippen LogP) is 5.89. The van der Waals surface area contributed by atoms with Crippen LogP contribution in [0.2, 0.25) is 0 Å². The van der Waals surface area contributed by atoms with E-state index in [1.54, 1.807) is 48.5 Å². The fourth-order valence-electron chi connectivity index (χ4n) is 4.75. The number of fused-ring (bicyclic) bond motifs is 2. The van der Waals surface area contributed by atoms with Gasteiger partial charge in [0.1, 0.15) is 51.9 Å². The summed E-state index contributed by atoms with van der Waals surface area (Å²) < 4.78 is 12.2. The molecule has 0 saturated heterocycles. The van der Waals surface area contributed by atoms with Gasteiger partial charge in [-0.15, -0.1) is 0 Å². The van der Waals surface area contributed by atoms with Crippen LogP contribution in [0.3, 0.4) is 0 Å². The molecule has 1 aliphatic rings. The van der Waals surface area contributed by atoms with E-state index in [-0.39, 0.29) is 28.7 Å². The molecule has 2 atom stereocenters. The molecule has 0 amide bonds. The Morgan fingerprint density at radius 2 is 1.31 bits per heavy atom. The molecule has 35 heavy (non-hydrogen) atoms. The molecule has 7 nitrogen and oxygen atoms in total. The zero-order valence-corrected chi connectivity index (χ0v) is 18.2. The largest absolute Gasteiger partial charge is 0.508 e. The van der Waals surface area contributed by atoms with E-state index in [1.807, 2.05) is 6.07 Å². The zero-order valence-electron chi connectivity index (χ0n) is 18.2. The number of hydrogen-bond donors (Lipinski definition) is 5. The Labute approximate surface area is 199 Å². The zero-order chi connectivity index (χ0) is 24.3. The van der Waals surface area contributed by atoms with Crippen molar-refractivity contribution in [2.45, 2.75) is 12.0 Å². The van der Waals surface area contributed by atoms with Crippen LogP contribution in [-0.4, -0.2) is 25.5 Å². The molecule has 0 spiro atoms. The van der Waals surface area contributed by atoms with Crippen molar-refractivity contribution in [1.29, 1.82) is 0 Å². The van der Waals surface area contributed by atoms with Gasteiger partial charge in [0, 0.05) is 28.6 Å². The van der Waals surface area contributed by atoms with Gasteiger partial charge in [-0.1, -0.05) is 12.1 Å². The van der Waals surface area contributed by atoms with Gasteiger partial charge in [0.2, 0.25) is 0 Å². The highest BCUT2D eigenvalue weighted by Crippen LogP contribution is 2.55. The molecule has 7 heteroatoms. The normalized spacial score (nSPS) is 16.8. The number of hydrogen-bond acceptors (Lipinski definition) is 7. The van der Waals surface area contributed by atoms with Crippen LogP contribution in [0.1, 0.15) is 28.7 Å². The molecular formula is C28H20O7. The van der Waals surface area contributed by atoms with Crippen LogP contribution in [-0.2, 0) is 0 Å². The van der Waals surface area contributed by atoms with Crippen LogP contribution in [0.25, 0.3) is 22.3 Å². The van der Waals surface area contributed by atoms with Gasteiger partial charge in [0.25, 0.3) is 0 Å². The van der Waals surface area contributed by atoms with Crippen molar-refractivity contribution in [3.8, 4) is 45.8 Å². The lowest BCUT2D eigenvalue weighted by Crippen LogP contribution is -2.11. The summed E-state index contributed by atoms with van der Waals surface area (Å²) in [6.07, 6.45) is -0.597. The van der Waals surface area contributed by atoms with Gasteiger partial charge in [0.15, 0.2) is 0 Å². The van der Waals surface area contributed by atoms with Gasteiger partial charge in [0.05, 0.1) is 5.92 Å². The van der Waals surface area contributed by atoms with E-state index in [4.69, 9.17) is 9.15 Å². The number of phenolic OH excluding ortho intramolecular Hbond substituents is 5. The molecule has 0 unspecified atom stereocenters. The Bertz CT molecular complexity index is 1560. The van der Waals surface area contributed by atoms with Gasteiger partial charge in [-0.25, -0.2) is 0 Å². The predicted molar refractivity (Wildman–Crippen MR) is 128 cm³/mol. The Morgan fingerprint density at radius 1 is 0.600 bits per heavy atom. The number of benzene rings is 4. The highest BCUT2D eigenvalue weighted by atomic mass is 16.5. The van der Waals surface area contributed by atoms with Crippen molar-refractivity contribution >= 4 is 11.0 Å². The third kappa shape index (κ3) is 3.54. The molecular weight excluding hydrogens is 448 g/mol. The first-order valence-corrected chi connectivity index (χ1v) is 10.9. The highest BCUT2D eigenvalue weighted by molar-refractivity contribution is 5.84. The van der Waals surface area contributed by atoms with Crippen LogP contribution in [0.5, 0.6) is 34.5 Å². The number of ether oxygens (including phenoxy) is 1. The monoisotopic (exact) mass is 468 g/mol. The highest BCUT2D eigenvalue weighted by Gasteiger charge is 2.40. The van der Waals surface area contributed by atoms with Crippen molar-refractivity contribution in [3.05, 3.63) is 95.6 Å². The molecule has 1 aliphatic heterocycles. The molecule has 6 rings (SSSR count). The van der Waals surface area contributed by atoms with Gasteiger partial charge in [-0.2, -0.15) is 0 Å². The SMILES string of the molecule is Oc1ccc([C@@H]2Oc3cc(-c4cc5ccc(O)cc5o4)cc(O)c3[C@H]2c2cc(O)cc(O)c2)cc1. The van der Waals surface area contributed by atoms with Gasteiger partial charge < -0.3 is 34.7 Å². The molecule has 4 aromatic carbocycles. The van der Waals surface area contributed by atoms with Crippen molar-refractivity contribution in [3.63, 3.8) is 0 Å². The lowest BCUT2D eigenvalue weighted by molar-refractivity contribution is 0.222. The summed E-state index contributed by atoms with van der Waals surface area (Å²) in [4.78, 5) is 0. The maximum atomic E-state index is 11.1. The third-order valence-corrected chi connectivity index (χ3v) is 6.28. The van der Waals surface area contributed by atoms with E-state index in [1.165, 1.54) is 24.3 Å². The number of phenols is 5. The smallest absolute Gasteiger partial charge is 0.138 e. The molecule has 0 bridgehead atoms. The fraction of sp³-hybridized carbons (Fsp3) is 0.0714.